The fourth-order valence-corrected chi connectivity index (χ4v) is 3.92. The number of para-hydroxylation sites is 1. The highest BCUT2D eigenvalue weighted by molar-refractivity contribution is 9.10. The zero-order chi connectivity index (χ0) is 20.5. The topological polar surface area (TPSA) is 52.2 Å². The molecule has 0 saturated heterocycles. The molecule has 2 heterocycles. The summed E-state index contributed by atoms with van der Waals surface area (Å²) in [6, 6.07) is 14.2. The van der Waals surface area contributed by atoms with Gasteiger partial charge in [0.05, 0.1) is 17.1 Å². The largest absolute Gasteiger partial charge is 0.344 e. The van der Waals surface area contributed by atoms with Crippen LogP contribution >= 0.6 is 15.9 Å². The predicted octanol–water partition coefficient (Wildman–Crippen LogP) is 5.53. The smallest absolute Gasteiger partial charge is 0.282 e. The van der Waals surface area contributed by atoms with Gasteiger partial charge in [-0.05, 0) is 37.6 Å². The Balaban J connectivity index is 1.87. The molecule has 0 fully saturated rings. The number of hydrogen-bond acceptors (Lipinski definition) is 3. The molecule has 0 radical (unpaired) electrons. The van der Waals surface area contributed by atoms with E-state index < -0.39 is 0 Å². The third-order valence-electron chi connectivity index (χ3n) is 5.34. The van der Waals surface area contributed by atoms with E-state index in [-0.39, 0.29) is 5.56 Å². The van der Waals surface area contributed by atoms with Crippen molar-refractivity contribution in [3.05, 3.63) is 74.9 Å². The lowest BCUT2D eigenvalue weighted by atomic mass is 10.2. The quantitative estimate of drug-likeness (QED) is 0.375. The van der Waals surface area contributed by atoms with Crippen LogP contribution in [0.5, 0.6) is 0 Å². The first kappa shape index (κ1) is 19.6. The Labute approximate surface area is 177 Å². The van der Waals surface area contributed by atoms with Crippen LogP contribution in [0, 0.1) is 0 Å². The summed E-state index contributed by atoms with van der Waals surface area (Å²) >= 11 is 3.44. The van der Waals surface area contributed by atoms with Crippen molar-refractivity contribution in [2.45, 2.75) is 39.7 Å². The molecule has 0 aliphatic heterocycles. The first-order valence-corrected chi connectivity index (χ1v) is 10.7. The van der Waals surface area contributed by atoms with Crippen LogP contribution in [0.3, 0.4) is 0 Å². The molecule has 0 bridgehead atoms. The third-order valence-corrected chi connectivity index (χ3v) is 5.83. The number of fused-ring (bicyclic) bond motifs is 2. The SMILES string of the molecule is CCc1nc2ccc(Br)cc2c(=O)n1N=Cc1cn([C@@H](C)CC)c2ccccc12. The van der Waals surface area contributed by atoms with E-state index in [0.29, 0.717) is 29.2 Å². The number of halogens is 1. The maximum atomic E-state index is 13.1. The Morgan fingerprint density at radius 3 is 2.72 bits per heavy atom. The molecule has 4 aromatic rings. The molecule has 29 heavy (non-hydrogen) atoms. The molecule has 0 spiro atoms. The van der Waals surface area contributed by atoms with Crippen LogP contribution in [0.1, 0.15) is 44.6 Å². The van der Waals surface area contributed by atoms with Crippen LogP contribution in [0.25, 0.3) is 21.8 Å². The first-order chi connectivity index (χ1) is 14.0. The van der Waals surface area contributed by atoms with Gasteiger partial charge in [-0.3, -0.25) is 4.79 Å². The van der Waals surface area contributed by atoms with Crippen LogP contribution in [0.2, 0.25) is 0 Å². The lowest BCUT2D eigenvalue weighted by Crippen LogP contribution is -2.22. The second-order valence-corrected chi connectivity index (χ2v) is 8.09. The molecule has 0 amide bonds. The maximum absolute atomic E-state index is 13.1. The van der Waals surface area contributed by atoms with Crippen molar-refractivity contribution in [2.75, 3.05) is 0 Å². The van der Waals surface area contributed by atoms with Crippen molar-refractivity contribution in [1.29, 1.82) is 0 Å². The Morgan fingerprint density at radius 1 is 1.17 bits per heavy atom. The average Bonchev–Trinajstić information content (AvgIpc) is 3.11. The van der Waals surface area contributed by atoms with Crippen molar-refractivity contribution in [3.63, 3.8) is 0 Å². The van der Waals surface area contributed by atoms with Gasteiger partial charge in [0.25, 0.3) is 5.56 Å². The third kappa shape index (κ3) is 3.53. The number of aromatic nitrogens is 3. The van der Waals surface area contributed by atoms with Gasteiger partial charge < -0.3 is 4.57 Å². The normalized spacial score (nSPS) is 13.0. The van der Waals surface area contributed by atoms with Gasteiger partial charge in [-0.1, -0.05) is 48.0 Å². The highest BCUT2D eigenvalue weighted by atomic mass is 79.9. The molecule has 148 valence electrons. The summed E-state index contributed by atoms with van der Waals surface area (Å²) in [5, 5.41) is 6.24. The lowest BCUT2D eigenvalue weighted by molar-refractivity contribution is 0.548. The molecule has 1 atom stereocenters. The number of rotatable bonds is 5. The van der Waals surface area contributed by atoms with Gasteiger partial charge in [0.15, 0.2) is 0 Å². The van der Waals surface area contributed by atoms with Crippen molar-refractivity contribution in [1.82, 2.24) is 14.2 Å². The second kappa shape index (κ2) is 7.95. The van der Waals surface area contributed by atoms with Crippen LogP contribution in [-0.4, -0.2) is 20.4 Å². The minimum absolute atomic E-state index is 0.157. The average molecular weight is 451 g/mol. The molecule has 0 unspecified atom stereocenters. The summed E-state index contributed by atoms with van der Waals surface area (Å²) in [4.78, 5) is 17.7. The molecule has 6 heteroatoms. The molecule has 5 nitrogen and oxygen atoms in total. The van der Waals surface area contributed by atoms with Gasteiger partial charge in [-0.15, -0.1) is 0 Å². The number of nitrogens with zero attached hydrogens (tertiary/aromatic N) is 4. The van der Waals surface area contributed by atoms with E-state index in [1.165, 1.54) is 10.2 Å². The Hall–Kier alpha value is -2.73. The highest BCUT2D eigenvalue weighted by Crippen LogP contribution is 2.25. The van der Waals surface area contributed by atoms with Crippen LogP contribution < -0.4 is 5.56 Å². The maximum Gasteiger partial charge on any atom is 0.282 e. The van der Waals surface area contributed by atoms with Crippen molar-refractivity contribution in [3.8, 4) is 0 Å². The minimum Gasteiger partial charge on any atom is -0.344 e. The highest BCUT2D eigenvalue weighted by Gasteiger charge is 2.12. The van der Waals surface area contributed by atoms with Crippen molar-refractivity contribution < 1.29 is 0 Å². The fourth-order valence-electron chi connectivity index (χ4n) is 3.56. The van der Waals surface area contributed by atoms with Gasteiger partial charge in [0, 0.05) is 39.6 Å². The molecule has 4 rings (SSSR count). The van der Waals surface area contributed by atoms with Gasteiger partial charge in [0.2, 0.25) is 0 Å². The Kier molecular flexibility index (Phi) is 5.37. The van der Waals surface area contributed by atoms with E-state index in [1.807, 2.05) is 31.2 Å². The molecule has 0 N–H and O–H groups in total. The van der Waals surface area contributed by atoms with E-state index in [2.05, 4.69) is 62.8 Å². The summed E-state index contributed by atoms with van der Waals surface area (Å²) in [5.74, 6) is 0.645. The summed E-state index contributed by atoms with van der Waals surface area (Å²) in [6.45, 7) is 6.37. The molecular weight excluding hydrogens is 428 g/mol. The number of aryl methyl sites for hydroxylation is 1. The molecule has 2 aromatic heterocycles. The van der Waals surface area contributed by atoms with Crippen LogP contribution in [0.4, 0.5) is 0 Å². The van der Waals surface area contributed by atoms with Crippen LogP contribution in [-0.2, 0) is 6.42 Å². The molecule has 0 aliphatic rings. The number of benzene rings is 2. The molecule has 0 aliphatic carbocycles. The molecule has 0 saturated carbocycles. The fraction of sp³-hybridized carbons (Fsp3) is 0.261. The van der Waals surface area contributed by atoms with E-state index >= 15 is 0 Å². The Morgan fingerprint density at radius 2 is 1.97 bits per heavy atom. The summed E-state index contributed by atoms with van der Waals surface area (Å²) in [5.41, 5.74) is 2.70. The molecular formula is C23H23BrN4O. The van der Waals surface area contributed by atoms with Crippen molar-refractivity contribution >= 4 is 44.0 Å². The summed E-state index contributed by atoms with van der Waals surface area (Å²) in [6.07, 6.45) is 5.54. The van der Waals surface area contributed by atoms with Gasteiger partial charge >= 0.3 is 0 Å². The predicted molar refractivity (Wildman–Crippen MR) is 123 cm³/mol. The van der Waals surface area contributed by atoms with E-state index in [1.54, 1.807) is 12.3 Å². The lowest BCUT2D eigenvalue weighted by Gasteiger charge is -2.12. The second-order valence-electron chi connectivity index (χ2n) is 7.17. The Bertz CT molecular complexity index is 1290. The standard InChI is InChI=1S/C23H23BrN4O/c1-4-15(3)27-14-16(18-8-6-7-9-21(18)27)13-25-28-22(5-2)26-20-11-10-17(24)12-19(20)23(28)29/h6-15H,4-5H2,1-3H3/t15-/m0/s1. The van der Waals surface area contributed by atoms with Crippen molar-refractivity contribution in [2.24, 2.45) is 5.10 Å². The van der Waals surface area contributed by atoms with E-state index in [0.717, 1.165) is 21.8 Å². The van der Waals surface area contributed by atoms with Crippen LogP contribution in [0.15, 0.2) is 63.0 Å². The van der Waals surface area contributed by atoms with E-state index in [4.69, 9.17) is 0 Å². The summed E-state index contributed by atoms with van der Waals surface area (Å²) < 4.78 is 4.54. The summed E-state index contributed by atoms with van der Waals surface area (Å²) in [7, 11) is 0. The first-order valence-electron chi connectivity index (χ1n) is 9.88. The molecule has 2 aromatic carbocycles. The monoisotopic (exact) mass is 450 g/mol. The van der Waals surface area contributed by atoms with Gasteiger partial charge in [-0.25, -0.2) is 4.98 Å². The number of hydrogen-bond donors (Lipinski definition) is 0. The van der Waals surface area contributed by atoms with Gasteiger partial charge in [0.1, 0.15) is 5.82 Å². The van der Waals surface area contributed by atoms with E-state index in [9.17, 15) is 4.79 Å². The zero-order valence-corrected chi connectivity index (χ0v) is 18.3. The minimum atomic E-state index is -0.157. The van der Waals surface area contributed by atoms with Gasteiger partial charge in [-0.2, -0.15) is 9.78 Å². The zero-order valence-electron chi connectivity index (χ0n) is 16.8.